The highest BCUT2D eigenvalue weighted by Crippen LogP contribution is 2.36. The van der Waals surface area contributed by atoms with Crippen LogP contribution in [0.5, 0.6) is 0 Å². The third-order valence-corrected chi connectivity index (χ3v) is 8.56. The molecule has 2 heterocycles. The van der Waals surface area contributed by atoms with Crippen molar-refractivity contribution in [3.05, 3.63) is 56.7 Å². The van der Waals surface area contributed by atoms with E-state index < -0.39 is 26.7 Å². The summed E-state index contributed by atoms with van der Waals surface area (Å²) < 4.78 is 56.4. The molecule has 144 valence electrons. The van der Waals surface area contributed by atoms with Gasteiger partial charge in [-0.05, 0) is 52.7 Å². The largest absolute Gasteiger partial charge is 0.416 e. The number of hydrogen-bond acceptors (Lipinski definition) is 5. The summed E-state index contributed by atoms with van der Waals surface area (Å²) in [4.78, 5) is 5.39. The number of benzene rings is 1. The average molecular weight is 495 g/mol. The molecule has 3 aromatic rings. The monoisotopic (exact) mass is 494 g/mol. The molecule has 27 heavy (non-hydrogen) atoms. The Morgan fingerprint density at radius 3 is 2.41 bits per heavy atom. The van der Waals surface area contributed by atoms with Gasteiger partial charge in [0.1, 0.15) is 0 Å². The van der Waals surface area contributed by atoms with Crippen molar-refractivity contribution in [2.24, 2.45) is 4.36 Å². The van der Waals surface area contributed by atoms with Gasteiger partial charge in [-0.2, -0.15) is 17.5 Å². The molecule has 0 aliphatic rings. The standard InChI is InChI=1S/C17H14BrF3N2OS3/c1-10(11-3-5-12(6-4-11)17(19,20)21)27(2,24)23-16-22-13(9-25-16)14-7-8-15(18)26-14/h3-10H,1-2H3. The highest BCUT2D eigenvalue weighted by atomic mass is 79.9. The summed E-state index contributed by atoms with van der Waals surface area (Å²) in [7, 11) is -2.74. The Kier molecular flexibility index (Phi) is 5.81. The highest BCUT2D eigenvalue weighted by molar-refractivity contribution is 9.11. The van der Waals surface area contributed by atoms with Gasteiger partial charge < -0.3 is 0 Å². The first-order valence-corrected chi connectivity index (χ1v) is 12.1. The summed E-state index contributed by atoms with van der Waals surface area (Å²) in [6.07, 6.45) is -2.90. The van der Waals surface area contributed by atoms with Crippen LogP contribution in [-0.2, 0) is 15.9 Å². The van der Waals surface area contributed by atoms with Gasteiger partial charge in [0.05, 0.1) is 34.9 Å². The first kappa shape index (κ1) is 20.5. The number of rotatable bonds is 4. The predicted octanol–water partition coefficient (Wildman–Crippen LogP) is 7.14. The van der Waals surface area contributed by atoms with Crippen molar-refractivity contribution in [3.8, 4) is 10.6 Å². The fourth-order valence-corrected chi connectivity index (χ4v) is 6.06. The summed E-state index contributed by atoms with van der Waals surface area (Å²) in [6, 6.07) is 8.55. The number of thiophene rings is 1. The molecule has 2 aromatic heterocycles. The van der Waals surface area contributed by atoms with Crippen LogP contribution < -0.4 is 0 Å². The average Bonchev–Trinajstić information content (AvgIpc) is 3.22. The van der Waals surface area contributed by atoms with Gasteiger partial charge in [-0.3, -0.25) is 0 Å². The van der Waals surface area contributed by atoms with Crippen molar-refractivity contribution in [1.82, 2.24) is 4.98 Å². The Bertz CT molecular complexity index is 1060. The van der Waals surface area contributed by atoms with E-state index in [1.165, 1.54) is 41.1 Å². The number of thiazole rings is 1. The topological polar surface area (TPSA) is 42.3 Å². The Morgan fingerprint density at radius 1 is 1.19 bits per heavy atom. The van der Waals surface area contributed by atoms with Gasteiger partial charge in [-0.15, -0.1) is 22.7 Å². The molecule has 0 aliphatic heterocycles. The molecule has 0 bridgehead atoms. The van der Waals surface area contributed by atoms with E-state index in [1.54, 1.807) is 6.92 Å². The molecule has 0 fully saturated rings. The Balaban J connectivity index is 1.87. The molecular weight excluding hydrogens is 481 g/mol. The van der Waals surface area contributed by atoms with E-state index in [9.17, 15) is 17.4 Å². The zero-order valence-electron chi connectivity index (χ0n) is 14.2. The normalized spacial score (nSPS) is 15.3. The molecule has 0 radical (unpaired) electrons. The van der Waals surface area contributed by atoms with Crippen LogP contribution in [0.4, 0.5) is 18.3 Å². The summed E-state index contributed by atoms with van der Waals surface area (Å²) in [5.74, 6) is 0. The SMILES string of the molecule is CC(c1ccc(C(F)(F)F)cc1)S(C)(=O)=Nc1nc(-c2ccc(Br)s2)cs1. The van der Waals surface area contributed by atoms with Gasteiger partial charge in [0, 0.05) is 11.6 Å². The van der Waals surface area contributed by atoms with E-state index in [1.807, 2.05) is 17.5 Å². The summed E-state index contributed by atoms with van der Waals surface area (Å²) in [5.41, 5.74) is 0.565. The van der Waals surface area contributed by atoms with Gasteiger partial charge in [0.15, 0.2) is 0 Å². The molecular formula is C17H14BrF3N2OS3. The van der Waals surface area contributed by atoms with E-state index in [2.05, 4.69) is 25.3 Å². The summed E-state index contributed by atoms with van der Waals surface area (Å²) in [5, 5.41) is 1.69. The van der Waals surface area contributed by atoms with Crippen molar-refractivity contribution in [2.75, 3.05) is 6.26 Å². The fraction of sp³-hybridized carbons (Fsp3) is 0.235. The van der Waals surface area contributed by atoms with Crippen molar-refractivity contribution < 1.29 is 17.4 Å². The van der Waals surface area contributed by atoms with Crippen molar-refractivity contribution in [1.29, 1.82) is 0 Å². The van der Waals surface area contributed by atoms with Crippen LogP contribution in [0.1, 0.15) is 23.3 Å². The molecule has 3 rings (SSSR count). The second kappa shape index (κ2) is 7.65. The van der Waals surface area contributed by atoms with Gasteiger partial charge in [-0.25, -0.2) is 9.19 Å². The molecule has 10 heteroatoms. The molecule has 0 spiro atoms. The molecule has 0 saturated heterocycles. The van der Waals surface area contributed by atoms with Gasteiger partial charge in [-0.1, -0.05) is 12.1 Å². The van der Waals surface area contributed by atoms with Gasteiger partial charge in [0.2, 0.25) is 5.13 Å². The lowest BCUT2D eigenvalue weighted by atomic mass is 10.1. The van der Waals surface area contributed by atoms with E-state index in [0.29, 0.717) is 10.7 Å². The Hall–Kier alpha value is -1.23. The second-order valence-electron chi connectivity index (χ2n) is 5.83. The minimum absolute atomic E-state index is 0.390. The number of hydrogen-bond donors (Lipinski definition) is 0. The van der Waals surface area contributed by atoms with Crippen LogP contribution in [0.25, 0.3) is 10.6 Å². The van der Waals surface area contributed by atoms with E-state index >= 15 is 0 Å². The maximum atomic E-state index is 13.1. The fourth-order valence-electron chi connectivity index (χ4n) is 2.30. The van der Waals surface area contributed by atoms with Crippen LogP contribution in [-0.4, -0.2) is 15.4 Å². The lowest BCUT2D eigenvalue weighted by Crippen LogP contribution is -2.09. The zero-order valence-corrected chi connectivity index (χ0v) is 18.2. The van der Waals surface area contributed by atoms with Crippen LogP contribution in [0.2, 0.25) is 0 Å². The van der Waals surface area contributed by atoms with E-state index in [0.717, 1.165) is 26.5 Å². The molecule has 2 unspecified atom stereocenters. The molecule has 3 nitrogen and oxygen atoms in total. The smallest absolute Gasteiger partial charge is 0.249 e. The van der Waals surface area contributed by atoms with Crippen LogP contribution in [0, 0.1) is 0 Å². The molecule has 2 atom stereocenters. The number of alkyl halides is 3. The van der Waals surface area contributed by atoms with Gasteiger partial charge >= 0.3 is 6.18 Å². The maximum Gasteiger partial charge on any atom is 0.416 e. The third kappa shape index (κ3) is 4.79. The first-order valence-electron chi connectivity index (χ1n) is 7.65. The number of aromatic nitrogens is 1. The number of nitrogens with zero attached hydrogens (tertiary/aromatic N) is 2. The minimum atomic E-state index is -4.39. The van der Waals surface area contributed by atoms with E-state index in [4.69, 9.17) is 0 Å². The molecule has 0 amide bonds. The Morgan fingerprint density at radius 2 is 1.85 bits per heavy atom. The van der Waals surface area contributed by atoms with E-state index in [-0.39, 0.29) is 0 Å². The zero-order chi connectivity index (χ0) is 19.8. The highest BCUT2D eigenvalue weighted by Gasteiger charge is 2.30. The maximum absolute atomic E-state index is 13.1. The Labute approximate surface area is 171 Å². The summed E-state index contributed by atoms with van der Waals surface area (Å²) >= 11 is 6.22. The molecule has 0 aliphatic carbocycles. The van der Waals surface area contributed by atoms with Crippen molar-refractivity contribution >= 4 is 53.5 Å². The lowest BCUT2D eigenvalue weighted by molar-refractivity contribution is -0.137. The minimum Gasteiger partial charge on any atom is -0.249 e. The molecule has 1 aromatic carbocycles. The number of halogens is 4. The first-order chi connectivity index (χ1) is 12.6. The van der Waals surface area contributed by atoms with Gasteiger partial charge in [0.25, 0.3) is 0 Å². The summed E-state index contributed by atoms with van der Waals surface area (Å²) in [6.45, 7) is 1.69. The second-order valence-corrected chi connectivity index (χ2v) is 11.7. The molecule has 0 N–H and O–H groups in total. The third-order valence-electron chi connectivity index (χ3n) is 3.94. The van der Waals surface area contributed by atoms with Crippen molar-refractivity contribution in [2.45, 2.75) is 18.3 Å². The van der Waals surface area contributed by atoms with Crippen molar-refractivity contribution in [3.63, 3.8) is 0 Å². The van der Waals surface area contributed by atoms with Crippen LogP contribution in [0.3, 0.4) is 0 Å². The predicted molar refractivity (Wildman–Crippen MR) is 109 cm³/mol. The van der Waals surface area contributed by atoms with Crippen LogP contribution >= 0.6 is 38.6 Å². The molecule has 0 saturated carbocycles. The van der Waals surface area contributed by atoms with Crippen LogP contribution in [0.15, 0.2) is 49.9 Å². The lowest BCUT2D eigenvalue weighted by Gasteiger charge is -2.15. The quantitative estimate of drug-likeness (QED) is 0.386.